The molecular weight excluding hydrogens is 474 g/mol. The number of amides is 1. The molecule has 2 bridgehead atoms. The van der Waals surface area contributed by atoms with E-state index in [9.17, 15) is 13.2 Å². The maximum atomic E-state index is 13.5. The lowest BCUT2D eigenvalue weighted by Gasteiger charge is -2.41. The SMILES string of the molecule is CC(=O)Nc1nc(C)c(S(=O)(=O)N(C)C2C3CCC2CN(CCOc2ccc(C#N)cc2)C3)s1. The van der Waals surface area contributed by atoms with E-state index in [1.54, 1.807) is 38.2 Å². The molecule has 1 saturated carbocycles. The molecule has 1 N–H and O–H groups in total. The van der Waals surface area contributed by atoms with Gasteiger partial charge in [-0.2, -0.15) is 9.57 Å². The van der Waals surface area contributed by atoms with Crippen LogP contribution in [0, 0.1) is 30.1 Å². The number of thiazole rings is 1. The second-order valence-electron chi connectivity index (χ2n) is 8.93. The van der Waals surface area contributed by atoms with Crippen molar-refractivity contribution in [3.05, 3.63) is 35.5 Å². The zero-order valence-electron chi connectivity index (χ0n) is 19.5. The molecule has 182 valence electrons. The van der Waals surface area contributed by atoms with Crippen LogP contribution in [-0.4, -0.2) is 67.8 Å². The molecule has 34 heavy (non-hydrogen) atoms. The van der Waals surface area contributed by atoms with E-state index in [1.807, 2.05) is 0 Å². The molecule has 1 aromatic heterocycles. The third-order valence-corrected chi connectivity index (χ3v) is 10.1. The summed E-state index contributed by atoms with van der Waals surface area (Å²) in [4.78, 5) is 17.9. The summed E-state index contributed by atoms with van der Waals surface area (Å²) in [5.41, 5.74) is 1.01. The number of benzene rings is 1. The summed E-state index contributed by atoms with van der Waals surface area (Å²) in [5, 5.41) is 11.8. The Labute approximate surface area is 204 Å². The lowest BCUT2D eigenvalue weighted by molar-refractivity contribution is -0.114. The number of rotatable bonds is 8. The number of aromatic nitrogens is 1. The van der Waals surface area contributed by atoms with Gasteiger partial charge in [-0.3, -0.25) is 9.69 Å². The van der Waals surface area contributed by atoms with Crippen molar-refractivity contribution >= 4 is 32.4 Å². The number of ether oxygens (including phenoxy) is 1. The van der Waals surface area contributed by atoms with Crippen molar-refractivity contribution in [3.8, 4) is 11.8 Å². The number of fused-ring (bicyclic) bond motifs is 2. The van der Waals surface area contributed by atoms with Crippen molar-refractivity contribution in [1.29, 1.82) is 5.26 Å². The van der Waals surface area contributed by atoms with Gasteiger partial charge in [-0.1, -0.05) is 11.3 Å². The van der Waals surface area contributed by atoms with Crippen LogP contribution in [0.4, 0.5) is 5.13 Å². The summed E-state index contributed by atoms with van der Waals surface area (Å²) < 4.78 is 34.5. The molecular formula is C23H29N5O4S2. The lowest BCUT2D eigenvalue weighted by Crippen LogP contribution is -2.53. The summed E-state index contributed by atoms with van der Waals surface area (Å²) in [6, 6.07) is 9.12. The fourth-order valence-corrected chi connectivity index (χ4v) is 8.20. The molecule has 2 aliphatic rings. The highest BCUT2D eigenvalue weighted by Gasteiger charge is 2.47. The molecule has 4 rings (SSSR count). The van der Waals surface area contributed by atoms with Crippen molar-refractivity contribution < 1.29 is 17.9 Å². The third kappa shape index (κ3) is 5.10. The minimum Gasteiger partial charge on any atom is -0.492 e. The molecule has 0 radical (unpaired) electrons. The second kappa shape index (κ2) is 10.00. The van der Waals surface area contributed by atoms with Crippen LogP contribution in [0.3, 0.4) is 0 Å². The number of hydrogen-bond acceptors (Lipinski definition) is 8. The van der Waals surface area contributed by atoms with Crippen molar-refractivity contribution in [2.45, 2.75) is 36.9 Å². The highest BCUT2D eigenvalue weighted by atomic mass is 32.2. The van der Waals surface area contributed by atoms with Gasteiger partial charge in [-0.05, 0) is 55.9 Å². The Morgan fingerprint density at radius 1 is 1.29 bits per heavy atom. The monoisotopic (exact) mass is 503 g/mol. The third-order valence-electron chi connectivity index (χ3n) is 6.59. The Hall–Kier alpha value is -2.52. The van der Waals surface area contributed by atoms with Crippen LogP contribution >= 0.6 is 11.3 Å². The molecule has 9 nitrogen and oxygen atoms in total. The Bertz CT molecular complexity index is 1170. The quantitative estimate of drug-likeness (QED) is 0.589. The van der Waals surface area contributed by atoms with Gasteiger partial charge in [0.2, 0.25) is 5.91 Å². The van der Waals surface area contributed by atoms with Crippen LogP contribution in [0.15, 0.2) is 28.5 Å². The smallest absolute Gasteiger partial charge is 0.254 e. The van der Waals surface area contributed by atoms with Crippen LogP contribution in [0.25, 0.3) is 0 Å². The molecule has 2 aromatic rings. The molecule has 2 heterocycles. The zero-order chi connectivity index (χ0) is 24.5. The van der Waals surface area contributed by atoms with Gasteiger partial charge in [-0.25, -0.2) is 13.4 Å². The van der Waals surface area contributed by atoms with Gasteiger partial charge in [-0.15, -0.1) is 0 Å². The largest absolute Gasteiger partial charge is 0.492 e. The van der Waals surface area contributed by atoms with Crippen molar-refractivity contribution in [1.82, 2.24) is 14.2 Å². The summed E-state index contributed by atoms with van der Waals surface area (Å²) in [7, 11) is -2.04. The predicted octanol–water partition coefficient (Wildman–Crippen LogP) is 2.69. The fourth-order valence-electron chi connectivity index (χ4n) is 5.10. The van der Waals surface area contributed by atoms with Gasteiger partial charge in [0.25, 0.3) is 10.0 Å². The fraction of sp³-hybridized carbons (Fsp3) is 0.522. The topological polar surface area (TPSA) is 116 Å². The maximum absolute atomic E-state index is 13.5. The van der Waals surface area contributed by atoms with Crippen molar-refractivity contribution in [3.63, 3.8) is 0 Å². The van der Waals surface area contributed by atoms with E-state index in [-0.39, 0.29) is 28.0 Å². The molecule has 1 saturated heterocycles. The van der Waals surface area contributed by atoms with Crippen LogP contribution < -0.4 is 10.1 Å². The van der Waals surface area contributed by atoms with Gasteiger partial charge >= 0.3 is 0 Å². The maximum Gasteiger partial charge on any atom is 0.254 e. The minimum absolute atomic E-state index is 0.0496. The summed E-state index contributed by atoms with van der Waals surface area (Å²) in [5.74, 6) is 0.980. The molecule has 0 spiro atoms. The normalized spacial score (nSPS) is 22.5. The molecule has 2 atom stereocenters. The van der Waals surface area contributed by atoms with Crippen molar-refractivity contribution in [2.75, 3.05) is 38.6 Å². The van der Waals surface area contributed by atoms with E-state index >= 15 is 0 Å². The van der Waals surface area contributed by atoms with Gasteiger partial charge < -0.3 is 10.1 Å². The first-order valence-electron chi connectivity index (χ1n) is 11.3. The van der Waals surface area contributed by atoms with Crippen LogP contribution in [0.2, 0.25) is 0 Å². The number of aryl methyl sites for hydroxylation is 1. The van der Waals surface area contributed by atoms with E-state index in [0.717, 1.165) is 49.6 Å². The predicted molar refractivity (Wildman–Crippen MR) is 129 cm³/mol. The first-order valence-corrected chi connectivity index (χ1v) is 13.5. The molecule has 2 unspecified atom stereocenters. The Morgan fingerprint density at radius 2 is 1.94 bits per heavy atom. The highest BCUT2D eigenvalue weighted by Crippen LogP contribution is 2.42. The first-order chi connectivity index (χ1) is 16.2. The summed E-state index contributed by atoms with van der Waals surface area (Å²) in [6.07, 6.45) is 2.00. The lowest BCUT2D eigenvalue weighted by atomic mass is 9.92. The number of hydrogen-bond donors (Lipinski definition) is 1. The number of carbonyl (C=O) groups is 1. The minimum atomic E-state index is -3.71. The summed E-state index contributed by atoms with van der Waals surface area (Å²) >= 11 is 1.00. The molecule has 1 aromatic carbocycles. The molecule has 2 fully saturated rings. The van der Waals surface area contributed by atoms with Crippen LogP contribution in [-0.2, 0) is 14.8 Å². The first kappa shape index (κ1) is 24.6. The van der Waals surface area contributed by atoms with E-state index in [4.69, 9.17) is 10.00 Å². The number of sulfonamides is 1. The number of anilines is 1. The average molecular weight is 504 g/mol. The number of nitrogens with one attached hydrogen (secondary N) is 1. The zero-order valence-corrected chi connectivity index (χ0v) is 21.2. The Kier molecular flexibility index (Phi) is 7.23. The Balaban J connectivity index is 1.37. The van der Waals surface area contributed by atoms with Crippen LogP contribution in [0.5, 0.6) is 5.75 Å². The Morgan fingerprint density at radius 3 is 2.53 bits per heavy atom. The van der Waals surface area contributed by atoms with E-state index in [0.29, 0.717) is 23.0 Å². The number of likely N-dealkylation sites (tertiary alicyclic amines) is 1. The van der Waals surface area contributed by atoms with Crippen molar-refractivity contribution in [2.24, 2.45) is 11.8 Å². The second-order valence-corrected chi connectivity index (χ2v) is 12.1. The number of nitriles is 1. The molecule has 1 aliphatic carbocycles. The number of nitrogens with zero attached hydrogens (tertiary/aromatic N) is 4. The van der Waals surface area contributed by atoms with Crippen LogP contribution in [0.1, 0.15) is 31.0 Å². The van der Waals surface area contributed by atoms with E-state index in [1.165, 1.54) is 11.2 Å². The van der Waals surface area contributed by atoms with Gasteiger partial charge in [0.05, 0.1) is 17.3 Å². The van der Waals surface area contributed by atoms with E-state index in [2.05, 4.69) is 21.3 Å². The summed E-state index contributed by atoms with van der Waals surface area (Å²) in [6.45, 7) is 6.00. The number of carbonyl (C=O) groups excluding carboxylic acids is 1. The van der Waals surface area contributed by atoms with E-state index < -0.39 is 10.0 Å². The van der Waals surface area contributed by atoms with Gasteiger partial charge in [0.15, 0.2) is 9.34 Å². The standard InChI is InChI=1S/C23H29N5O4S2/c1-15-22(33-23(25-15)26-16(2)29)34(30,31)27(3)21-18-6-7-19(21)14-28(13-18)10-11-32-20-8-4-17(12-24)5-9-20/h4-5,8-9,18-19,21H,6-7,10-11,13-14H2,1-3H3,(H,25,26,29). The number of piperidine rings is 1. The molecule has 1 aliphatic heterocycles. The molecule has 11 heteroatoms. The van der Waals surface area contributed by atoms with Gasteiger partial charge in [0.1, 0.15) is 12.4 Å². The highest BCUT2D eigenvalue weighted by molar-refractivity contribution is 7.91. The average Bonchev–Trinajstić information content (AvgIpc) is 3.29. The van der Waals surface area contributed by atoms with Gasteiger partial charge in [0, 0.05) is 39.6 Å². The molecule has 1 amide bonds.